The Bertz CT molecular complexity index is 592. The maximum absolute atomic E-state index is 4.20. The van der Waals surface area contributed by atoms with Crippen molar-refractivity contribution in [3.63, 3.8) is 0 Å². The number of fused-ring (bicyclic) bond motifs is 3. The smallest absolute Gasteiger partial charge is 0.0745 e. The van der Waals surface area contributed by atoms with Crippen LogP contribution in [-0.2, 0) is 4.32 Å². The summed E-state index contributed by atoms with van der Waals surface area (Å²) in [4.78, 5) is 0. The first kappa shape index (κ1) is 12.6. The largest absolute Gasteiger partial charge is 0.0794 e. The molecule has 0 bridgehead atoms. The SMILES string of the molecule is BrC1(C2CCCCC2)c2ccccc2-c2ccccc21. The summed E-state index contributed by atoms with van der Waals surface area (Å²) in [5.74, 6) is 0.723. The third-order valence-electron chi connectivity index (χ3n) is 5.10. The topological polar surface area (TPSA) is 0 Å². The van der Waals surface area contributed by atoms with Crippen molar-refractivity contribution in [3.8, 4) is 11.1 Å². The molecular formula is C19H19Br. The summed E-state index contributed by atoms with van der Waals surface area (Å²) in [6.45, 7) is 0. The molecule has 0 radical (unpaired) electrons. The van der Waals surface area contributed by atoms with Crippen molar-refractivity contribution in [1.82, 2.24) is 0 Å². The van der Waals surface area contributed by atoms with E-state index in [4.69, 9.17) is 0 Å². The molecule has 0 unspecified atom stereocenters. The van der Waals surface area contributed by atoms with E-state index in [1.807, 2.05) is 0 Å². The summed E-state index contributed by atoms with van der Waals surface area (Å²) in [5, 5.41) is 0. The lowest BCUT2D eigenvalue weighted by Gasteiger charge is -2.37. The minimum absolute atomic E-state index is 0.0423. The van der Waals surface area contributed by atoms with E-state index in [0.29, 0.717) is 0 Å². The van der Waals surface area contributed by atoms with Gasteiger partial charge in [-0.1, -0.05) is 83.7 Å². The highest BCUT2D eigenvalue weighted by Crippen LogP contribution is 2.59. The fraction of sp³-hybridized carbons (Fsp3) is 0.368. The van der Waals surface area contributed by atoms with E-state index < -0.39 is 0 Å². The monoisotopic (exact) mass is 326 g/mol. The first-order valence-electron chi connectivity index (χ1n) is 7.70. The minimum atomic E-state index is 0.0423. The molecule has 1 fully saturated rings. The van der Waals surface area contributed by atoms with Gasteiger partial charge in [0.1, 0.15) is 0 Å². The van der Waals surface area contributed by atoms with E-state index in [9.17, 15) is 0 Å². The maximum atomic E-state index is 4.20. The Hall–Kier alpha value is -1.08. The zero-order chi connectivity index (χ0) is 13.6. The Morgan fingerprint density at radius 1 is 0.750 bits per heavy atom. The van der Waals surface area contributed by atoms with Gasteiger partial charge in [-0.25, -0.2) is 0 Å². The predicted molar refractivity (Wildman–Crippen MR) is 88.2 cm³/mol. The fourth-order valence-electron chi connectivity index (χ4n) is 4.16. The van der Waals surface area contributed by atoms with Crippen molar-refractivity contribution in [1.29, 1.82) is 0 Å². The van der Waals surface area contributed by atoms with Crippen molar-refractivity contribution in [2.24, 2.45) is 5.92 Å². The van der Waals surface area contributed by atoms with Gasteiger partial charge in [0.25, 0.3) is 0 Å². The number of rotatable bonds is 1. The summed E-state index contributed by atoms with van der Waals surface area (Å²) >= 11 is 4.20. The van der Waals surface area contributed by atoms with E-state index >= 15 is 0 Å². The van der Waals surface area contributed by atoms with E-state index in [1.165, 1.54) is 54.4 Å². The Labute approximate surface area is 129 Å². The normalized spacial score (nSPS) is 20.4. The molecule has 2 aromatic carbocycles. The van der Waals surface area contributed by atoms with E-state index in [0.717, 1.165) is 5.92 Å². The van der Waals surface area contributed by atoms with Crippen molar-refractivity contribution in [2.75, 3.05) is 0 Å². The average molecular weight is 327 g/mol. The maximum Gasteiger partial charge on any atom is 0.0794 e. The second-order valence-corrected chi connectivity index (χ2v) is 7.39. The zero-order valence-corrected chi connectivity index (χ0v) is 13.2. The standard InChI is InChI=1S/C19H19Br/c20-19(14-8-2-1-3-9-14)17-12-6-4-10-15(17)16-11-5-7-13-18(16)19/h4-7,10-14H,1-3,8-9H2. The van der Waals surface area contributed by atoms with Gasteiger partial charge >= 0.3 is 0 Å². The van der Waals surface area contributed by atoms with Crippen LogP contribution >= 0.6 is 15.9 Å². The first-order chi connectivity index (χ1) is 9.82. The molecule has 1 saturated carbocycles. The van der Waals surface area contributed by atoms with Crippen LogP contribution in [-0.4, -0.2) is 0 Å². The quantitative estimate of drug-likeness (QED) is 0.573. The molecule has 4 rings (SSSR count). The van der Waals surface area contributed by atoms with Gasteiger partial charge < -0.3 is 0 Å². The molecule has 0 nitrogen and oxygen atoms in total. The summed E-state index contributed by atoms with van der Waals surface area (Å²) in [5.41, 5.74) is 5.80. The van der Waals surface area contributed by atoms with E-state index in [1.54, 1.807) is 0 Å². The summed E-state index contributed by atoms with van der Waals surface area (Å²) < 4.78 is 0.0423. The molecule has 2 aliphatic rings. The molecule has 0 heterocycles. The van der Waals surface area contributed by atoms with Crippen LogP contribution in [0.15, 0.2) is 48.5 Å². The van der Waals surface area contributed by atoms with Gasteiger partial charge in [0.15, 0.2) is 0 Å². The van der Waals surface area contributed by atoms with Gasteiger partial charge in [-0.15, -0.1) is 0 Å². The Kier molecular flexibility index (Phi) is 2.99. The molecule has 0 saturated heterocycles. The molecule has 0 N–H and O–H groups in total. The van der Waals surface area contributed by atoms with Crippen LogP contribution in [0.5, 0.6) is 0 Å². The van der Waals surface area contributed by atoms with Gasteiger partial charge in [0, 0.05) is 0 Å². The Balaban J connectivity index is 1.94. The lowest BCUT2D eigenvalue weighted by Crippen LogP contribution is -2.29. The summed E-state index contributed by atoms with van der Waals surface area (Å²) in [7, 11) is 0. The summed E-state index contributed by atoms with van der Waals surface area (Å²) in [6.07, 6.45) is 6.84. The van der Waals surface area contributed by atoms with Gasteiger partial charge in [-0.2, -0.15) is 0 Å². The fourth-order valence-corrected chi connectivity index (χ4v) is 5.31. The molecule has 102 valence electrons. The number of hydrogen-bond donors (Lipinski definition) is 0. The third kappa shape index (κ3) is 1.65. The average Bonchev–Trinajstić information content (AvgIpc) is 2.80. The molecular weight excluding hydrogens is 308 g/mol. The lowest BCUT2D eigenvalue weighted by molar-refractivity contribution is 0.314. The molecule has 0 aliphatic heterocycles. The van der Waals surface area contributed by atoms with Crippen molar-refractivity contribution in [3.05, 3.63) is 59.7 Å². The molecule has 0 aromatic heterocycles. The number of hydrogen-bond acceptors (Lipinski definition) is 0. The Morgan fingerprint density at radius 3 is 1.80 bits per heavy atom. The highest BCUT2D eigenvalue weighted by atomic mass is 79.9. The molecule has 2 aromatic rings. The van der Waals surface area contributed by atoms with Gasteiger partial charge in [0.2, 0.25) is 0 Å². The lowest BCUT2D eigenvalue weighted by atomic mass is 9.75. The molecule has 0 amide bonds. The van der Waals surface area contributed by atoms with Gasteiger partial charge in [0.05, 0.1) is 4.32 Å². The summed E-state index contributed by atoms with van der Waals surface area (Å²) in [6, 6.07) is 17.9. The van der Waals surface area contributed by atoms with Crippen molar-refractivity contribution in [2.45, 2.75) is 36.4 Å². The van der Waals surface area contributed by atoms with Gasteiger partial charge in [-0.3, -0.25) is 0 Å². The zero-order valence-electron chi connectivity index (χ0n) is 11.6. The first-order valence-corrected chi connectivity index (χ1v) is 8.49. The number of alkyl halides is 1. The van der Waals surface area contributed by atoms with E-state index in [2.05, 4.69) is 64.5 Å². The van der Waals surface area contributed by atoms with E-state index in [-0.39, 0.29) is 4.32 Å². The molecule has 20 heavy (non-hydrogen) atoms. The highest BCUT2D eigenvalue weighted by Gasteiger charge is 2.46. The molecule has 1 heteroatoms. The van der Waals surface area contributed by atoms with Crippen molar-refractivity contribution >= 4 is 15.9 Å². The van der Waals surface area contributed by atoms with Crippen LogP contribution in [0.1, 0.15) is 43.2 Å². The van der Waals surface area contributed by atoms with Crippen LogP contribution < -0.4 is 0 Å². The molecule has 2 aliphatic carbocycles. The number of halogens is 1. The second kappa shape index (κ2) is 4.73. The van der Waals surface area contributed by atoms with Crippen LogP contribution in [0.3, 0.4) is 0 Å². The predicted octanol–water partition coefficient (Wildman–Crippen LogP) is 5.89. The minimum Gasteiger partial charge on any atom is -0.0745 e. The highest BCUT2D eigenvalue weighted by molar-refractivity contribution is 9.09. The third-order valence-corrected chi connectivity index (χ3v) is 6.60. The van der Waals surface area contributed by atoms with Crippen LogP contribution in [0.4, 0.5) is 0 Å². The second-order valence-electron chi connectivity index (χ2n) is 6.14. The van der Waals surface area contributed by atoms with Crippen LogP contribution in [0.2, 0.25) is 0 Å². The van der Waals surface area contributed by atoms with Crippen LogP contribution in [0.25, 0.3) is 11.1 Å². The van der Waals surface area contributed by atoms with Crippen LogP contribution in [0, 0.1) is 5.92 Å². The van der Waals surface area contributed by atoms with Gasteiger partial charge in [-0.05, 0) is 41.0 Å². The molecule has 0 atom stereocenters. The Morgan fingerprint density at radius 2 is 1.25 bits per heavy atom. The molecule has 0 spiro atoms. The number of benzene rings is 2. The van der Waals surface area contributed by atoms with Crippen molar-refractivity contribution < 1.29 is 0 Å².